The SMILES string of the molecule is Cc1ccc(OCCCn2c(CCNC(=O)C34CC5CC(CC(C5)C3)C4)nc3ccccc32)cc1C. The van der Waals surface area contributed by atoms with Gasteiger partial charge in [-0.05, 0) is 112 Å². The van der Waals surface area contributed by atoms with Crippen molar-refractivity contribution < 1.29 is 9.53 Å². The minimum Gasteiger partial charge on any atom is -0.494 e. The van der Waals surface area contributed by atoms with Gasteiger partial charge in [-0.2, -0.15) is 0 Å². The van der Waals surface area contributed by atoms with E-state index in [1.54, 1.807) is 0 Å². The summed E-state index contributed by atoms with van der Waals surface area (Å²) in [5.41, 5.74) is 4.64. The highest BCUT2D eigenvalue weighted by Crippen LogP contribution is 2.60. The molecule has 5 heteroatoms. The molecular formula is C31H39N3O2. The fourth-order valence-corrected chi connectivity index (χ4v) is 7.65. The van der Waals surface area contributed by atoms with Crippen molar-refractivity contribution in [2.75, 3.05) is 13.2 Å². The number of nitrogens with one attached hydrogen (secondary N) is 1. The molecule has 36 heavy (non-hydrogen) atoms. The first-order valence-corrected chi connectivity index (χ1v) is 13.9. The monoisotopic (exact) mass is 485 g/mol. The van der Waals surface area contributed by atoms with Gasteiger partial charge in [0.1, 0.15) is 11.6 Å². The van der Waals surface area contributed by atoms with E-state index >= 15 is 0 Å². The highest BCUT2D eigenvalue weighted by atomic mass is 16.5. The molecule has 1 heterocycles. The zero-order chi connectivity index (χ0) is 24.7. The maximum Gasteiger partial charge on any atom is 0.226 e. The van der Waals surface area contributed by atoms with E-state index < -0.39 is 0 Å². The molecule has 0 saturated heterocycles. The number of carbonyl (C=O) groups is 1. The summed E-state index contributed by atoms with van der Waals surface area (Å²) in [6.45, 7) is 6.41. The number of imidazole rings is 1. The number of ether oxygens (including phenoxy) is 1. The normalized spacial score (nSPS) is 26.4. The van der Waals surface area contributed by atoms with Crippen molar-refractivity contribution in [2.24, 2.45) is 23.2 Å². The van der Waals surface area contributed by atoms with Crippen molar-refractivity contribution >= 4 is 16.9 Å². The quantitative estimate of drug-likeness (QED) is 0.378. The molecule has 4 saturated carbocycles. The number of aromatic nitrogens is 2. The molecule has 0 spiro atoms. The minimum absolute atomic E-state index is 0.0828. The molecule has 7 rings (SSSR count). The average Bonchev–Trinajstić information content (AvgIpc) is 3.20. The smallest absolute Gasteiger partial charge is 0.226 e. The van der Waals surface area contributed by atoms with E-state index in [0.717, 1.165) is 79.0 Å². The Labute approximate surface area is 214 Å². The lowest BCUT2D eigenvalue weighted by atomic mass is 9.49. The molecular weight excluding hydrogens is 446 g/mol. The standard InChI is InChI=1S/C31H39N3O2/c1-21-8-9-26(14-22(21)2)36-13-5-12-34-28-7-4-3-6-27(28)33-29(34)10-11-32-30(35)31-18-23-15-24(19-31)17-25(16-23)20-31/h3-4,6-9,14,23-25H,5,10-13,15-20H2,1-2H3,(H,32,35). The van der Waals surface area contributed by atoms with Gasteiger partial charge in [0.2, 0.25) is 5.91 Å². The Morgan fingerprint density at radius 3 is 2.47 bits per heavy atom. The van der Waals surface area contributed by atoms with Crippen LogP contribution in [0.15, 0.2) is 42.5 Å². The first-order chi connectivity index (χ1) is 17.5. The van der Waals surface area contributed by atoms with Crippen LogP contribution in [0.5, 0.6) is 5.75 Å². The van der Waals surface area contributed by atoms with Crippen molar-refractivity contribution in [3.05, 3.63) is 59.4 Å². The third-order valence-electron chi connectivity index (χ3n) is 9.16. The van der Waals surface area contributed by atoms with Crippen molar-refractivity contribution in [3.63, 3.8) is 0 Å². The fraction of sp³-hybridized carbons (Fsp3) is 0.548. The second-order valence-electron chi connectivity index (χ2n) is 11.8. The van der Waals surface area contributed by atoms with Crippen LogP contribution in [-0.4, -0.2) is 28.6 Å². The Balaban J connectivity index is 1.08. The van der Waals surface area contributed by atoms with Crippen molar-refractivity contribution in [1.29, 1.82) is 0 Å². The Bertz CT molecular complexity index is 1220. The molecule has 0 atom stereocenters. The first kappa shape index (κ1) is 23.6. The van der Waals surface area contributed by atoms with Gasteiger partial charge in [0.25, 0.3) is 0 Å². The Hall–Kier alpha value is -2.82. The molecule has 1 aromatic heterocycles. The number of benzene rings is 2. The highest BCUT2D eigenvalue weighted by Gasteiger charge is 2.54. The molecule has 4 aliphatic rings. The van der Waals surface area contributed by atoms with Crippen LogP contribution >= 0.6 is 0 Å². The summed E-state index contributed by atoms with van der Waals surface area (Å²) in [6, 6.07) is 14.6. The molecule has 190 valence electrons. The van der Waals surface area contributed by atoms with Crippen LogP contribution in [0.4, 0.5) is 0 Å². The summed E-state index contributed by atoms with van der Waals surface area (Å²) in [4.78, 5) is 18.3. The van der Waals surface area contributed by atoms with Gasteiger partial charge >= 0.3 is 0 Å². The summed E-state index contributed by atoms with van der Waals surface area (Å²) >= 11 is 0. The second kappa shape index (κ2) is 9.57. The predicted molar refractivity (Wildman–Crippen MR) is 143 cm³/mol. The second-order valence-corrected chi connectivity index (χ2v) is 11.8. The number of hydrogen-bond donors (Lipinski definition) is 1. The lowest BCUT2D eigenvalue weighted by Gasteiger charge is -2.55. The van der Waals surface area contributed by atoms with E-state index in [1.165, 1.54) is 30.4 Å². The number of para-hydroxylation sites is 2. The zero-order valence-corrected chi connectivity index (χ0v) is 21.8. The van der Waals surface area contributed by atoms with Crippen LogP contribution in [0.1, 0.15) is 61.9 Å². The third-order valence-corrected chi connectivity index (χ3v) is 9.16. The highest BCUT2D eigenvalue weighted by molar-refractivity contribution is 5.83. The molecule has 0 unspecified atom stereocenters. The molecule has 0 radical (unpaired) electrons. The molecule has 2 aromatic carbocycles. The van der Waals surface area contributed by atoms with Gasteiger partial charge in [0.05, 0.1) is 17.6 Å². The van der Waals surface area contributed by atoms with E-state index in [0.29, 0.717) is 19.1 Å². The Kier molecular flexibility index (Phi) is 6.27. The number of nitrogens with zero attached hydrogens (tertiary/aromatic N) is 2. The molecule has 0 aliphatic heterocycles. The largest absolute Gasteiger partial charge is 0.494 e. The van der Waals surface area contributed by atoms with Crippen LogP contribution in [0, 0.1) is 37.0 Å². The maximum absolute atomic E-state index is 13.4. The van der Waals surface area contributed by atoms with E-state index in [1.807, 2.05) is 12.1 Å². The zero-order valence-electron chi connectivity index (χ0n) is 21.8. The lowest BCUT2D eigenvalue weighted by Crippen LogP contribution is -2.53. The summed E-state index contributed by atoms with van der Waals surface area (Å²) in [5.74, 6) is 4.66. The van der Waals surface area contributed by atoms with E-state index in [9.17, 15) is 4.79 Å². The molecule has 4 aliphatic carbocycles. The summed E-state index contributed by atoms with van der Waals surface area (Å²) in [6.07, 6.45) is 9.10. The van der Waals surface area contributed by atoms with Crippen LogP contribution in [0.3, 0.4) is 0 Å². The van der Waals surface area contributed by atoms with Crippen LogP contribution in [0.2, 0.25) is 0 Å². The topological polar surface area (TPSA) is 56.1 Å². The van der Waals surface area contributed by atoms with Crippen molar-refractivity contribution in [3.8, 4) is 5.75 Å². The third kappa shape index (κ3) is 4.53. The number of carbonyl (C=O) groups excluding carboxylic acids is 1. The predicted octanol–water partition coefficient (Wildman–Crippen LogP) is 6.00. The van der Waals surface area contributed by atoms with Gasteiger partial charge in [0, 0.05) is 24.9 Å². The van der Waals surface area contributed by atoms with E-state index in [2.05, 4.69) is 54.1 Å². The first-order valence-electron chi connectivity index (χ1n) is 13.9. The van der Waals surface area contributed by atoms with Gasteiger partial charge in [-0.25, -0.2) is 4.98 Å². The number of amides is 1. The summed E-state index contributed by atoms with van der Waals surface area (Å²) < 4.78 is 8.35. The lowest BCUT2D eigenvalue weighted by molar-refractivity contribution is -0.146. The fourth-order valence-electron chi connectivity index (χ4n) is 7.65. The molecule has 4 fully saturated rings. The van der Waals surface area contributed by atoms with Gasteiger partial charge in [-0.15, -0.1) is 0 Å². The number of fused-ring (bicyclic) bond motifs is 1. The maximum atomic E-state index is 13.4. The average molecular weight is 486 g/mol. The van der Waals surface area contributed by atoms with Crippen molar-refractivity contribution in [2.45, 2.75) is 71.8 Å². The number of rotatable bonds is 9. The summed E-state index contributed by atoms with van der Waals surface area (Å²) in [5, 5.41) is 3.34. The Morgan fingerprint density at radius 2 is 1.75 bits per heavy atom. The Morgan fingerprint density at radius 1 is 1.03 bits per heavy atom. The minimum atomic E-state index is -0.0828. The van der Waals surface area contributed by atoms with E-state index in [-0.39, 0.29) is 5.41 Å². The molecule has 1 amide bonds. The van der Waals surface area contributed by atoms with E-state index in [4.69, 9.17) is 9.72 Å². The van der Waals surface area contributed by atoms with Gasteiger partial charge < -0.3 is 14.6 Å². The van der Waals surface area contributed by atoms with Gasteiger partial charge in [0.15, 0.2) is 0 Å². The molecule has 1 N–H and O–H groups in total. The van der Waals surface area contributed by atoms with Crippen LogP contribution < -0.4 is 10.1 Å². The number of aryl methyl sites for hydroxylation is 3. The molecule has 5 nitrogen and oxygen atoms in total. The summed E-state index contributed by atoms with van der Waals surface area (Å²) in [7, 11) is 0. The number of hydrogen-bond acceptors (Lipinski definition) is 3. The van der Waals surface area contributed by atoms with Crippen molar-refractivity contribution in [1.82, 2.24) is 14.9 Å². The van der Waals surface area contributed by atoms with Gasteiger partial charge in [-0.1, -0.05) is 18.2 Å². The van der Waals surface area contributed by atoms with Crippen LogP contribution in [-0.2, 0) is 17.8 Å². The van der Waals surface area contributed by atoms with Crippen LogP contribution in [0.25, 0.3) is 11.0 Å². The molecule has 3 aromatic rings. The molecule has 4 bridgehead atoms. The van der Waals surface area contributed by atoms with Gasteiger partial charge in [-0.3, -0.25) is 4.79 Å².